The van der Waals surface area contributed by atoms with Gasteiger partial charge >= 0.3 is 0 Å². The molecule has 10 aromatic rings. The van der Waals surface area contributed by atoms with Gasteiger partial charge in [-0.1, -0.05) is 133 Å². The lowest BCUT2D eigenvalue weighted by atomic mass is 9.95. The van der Waals surface area contributed by atoms with Crippen LogP contribution in [0.15, 0.2) is 192 Å². The van der Waals surface area contributed by atoms with Gasteiger partial charge in [0.25, 0.3) is 0 Å². The molecule has 0 saturated heterocycles. The Morgan fingerprint density at radius 2 is 0.902 bits per heavy atom. The number of rotatable bonds is 6. The lowest BCUT2D eigenvalue weighted by Crippen LogP contribution is -2.11. The fraction of sp³-hybridized carbons (Fsp3) is 0. The van der Waals surface area contributed by atoms with Gasteiger partial charge < -0.3 is 9.32 Å². The van der Waals surface area contributed by atoms with Gasteiger partial charge in [-0.05, 0) is 76.3 Å². The van der Waals surface area contributed by atoms with Crippen LogP contribution < -0.4 is 4.90 Å². The van der Waals surface area contributed by atoms with E-state index in [4.69, 9.17) is 4.42 Å². The van der Waals surface area contributed by atoms with Crippen LogP contribution in [0.4, 0.5) is 17.1 Å². The number of benzene rings is 8. The summed E-state index contributed by atoms with van der Waals surface area (Å²) in [5.41, 5.74) is 12.1. The molecule has 0 unspecified atom stereocenters. The predicted octanol–water partition coefficient (Wildman–Crippen LogP) is 14.4. The molecule has 2 aromatic heterocycles. The van der Waals surface area contributed by atoms with Crippen LogP contribution in [0.3, 0.4) is 0 Å². The number of nitrogens with zero attached hydrogens (tertiary/aromatic N) is 1. The second kappa shape index (κ2) is 12.2. The normalized spacial score (nSPS) is 11.5. The molecule has 0 amide bonds. The summed E-state index contributed by atoms with van der Waals surface area (Å²) in [6, 6.07) is 67.5. The van der Waals surface area contributed by atoms with Gasteiger partial charge in [0, 0.05) is 53.9 Å². The third-order valence-electron chi connectivity index (χ3n) is 9.89. The second-order valence-electron chi connectivity index (χ2n) is 12.9. The van der Waals surface area contributed by atoms with Crippen molar-refractivity contribution in [3.63, 3.8) is 0 Å². The van der Waals surface area contributed by atoms with Gasteiger partial charge in [0.15, 0.2) is 0 Å². The maximum absolute atomic E-state index is 6.43. The zero-order valence-electron chi connectivity index (χ0n) is 27.7. The van der Waals surface area contributed by atoms with E-state index in [2.05, 4.69) is 181 Å². The molecule has 0 aliphatic rings. The molecule has 2 heterocycles. The average Bonchev–Trinajstić information content (AvgIpc) is 3.76. The third kappa shape index (κ3) is 5.18. The van der Waals surface area contributed by atoms with Crippen molar-refractivity contribution in [3.05, 3.63) is 188 Å². The maximum atomic E-state index is 6.43. The summed E-state index contributed by atoms with van der Waals surface area (Å²) in [6.45, 7) is 0. The second-order valence-corrected chi connectivity index (χ2v) is 14.0. The van der Waals surface area contributed by atoms with Crippen molar-refractivity contribution < 1.29 is 4.42 Å². The first-order valence-electron chi connectivity index (χ1n) is 17.2. The van der Waals surface area contributed by atoms with Gasteiger partial charge in [0.2, 0.25) is 0 Å². The van der Waals surface area contributed by atoms with Crippen LogP contribution >= 0.6 is 11.3 Å². The van der Waals surface area contributed by atoms with E-state index >= 15 is 0 Å². The highest BCUT2D eigenvalue weighted by Crippen LogP contribution is 2.46. The Morgan fingerprint density at radius 3 is 1.69 bits per heavy atom. The standard InChI is InChI=1S/C48H31NOS/c1-3-11-32(12-4-1)33-19-21-34(22-20-33)36-23-28-44(43(29-36)35-13-5-2-6-14-35)49(37-24-26-40-39-15-7-9-17-45(39)50-46(40)30-37)38-25-27-42-41-16-8-10-18-47(41)51-48(42)31-38/h1-31H. The van der Waals surface area contributed by atoms with Crippen LogP contribution in [0.25, 0.3) is 75.5 Å². The maximum Gasteiger partial charge on any atom is 0.137 e. The van der Waals surface area contributed by atoms with Crippen LogP contribution in [-0.2, 0) is 0 Å². The van der Waals surface area contributed by atoms with Crippen LogP contribution in [0, 0.1) is 0 Å². The van der Waals surface area contributed by atoms with Crippen molar-refractivity contribution in [2.24, 2.45) is 0 Å². The minimum atomic E-state index is 0.873. The van der Waals surface area contributed by atoms with Crippen LogP contribution in [0.5, 0.6) is 0 Å². The molecule has 0 aliphatic carbocycles. The van der Waals surface area contributed by atoms with Crippen molar-refractivity contribution in [2.45, 2.75) is 0 Å². The van der Waals surface area contributed by atoms with E-state index in [9.17, 15) is 0 Å². The Labute approximate surface area is 300 Å². The molecule has 0 aliphatic heterocycles. The summed E-state index contributed by atoms with van der Waals surface area (Å²) >= 11 is 1.84. The SMILES string of the molecule is c1ccc(-c2ccc(-c3ccc(N(c4ccc5c(c4)oc4ccccc45)c4ccc5c(c4)sc4ccccc45)c(-c4ccccc4)c3)cc2)cc1. The zero-order chi connectivity index (χ0) is 33.7. The molecule has 3 heteroatoms. The minimum absolute atomic E-state index is 0.873. The molecule has 51 heavy (non-hydrogen) atoms. The van der Waals surface area contributed by atoms with Crippen molar-refractivity contribution in [2.75, 3.05) is 4.90 Å². The van der Waals surface area contributed by atoms with E-state index in [0.29, 0.717) is 0 Å². The molecule has 0 saturated carbocycles. The lowest BCUT2D eigenvalue weighted by molar-refractivity contribution is 0.669. The molecule has 0 bridgehead atoms. The largest absolute Gasteiger partial charge is 0.456 e. The number of furan rings is 1. The fourth-order valence-electron chi connectivity index (χ4n) is 7.38. The summed E-state index contributed by atoms with van der Waals surface area (Å²) in [5, 5.41) is 4.83. The molecule has 0 atom stereocenters. The van der Waals surface area contributed by atoms with Crippen molar-refractivity contribution in [1.82, 2.24) is 0 Å². The summed E-state index contributed by atoms with van der Waals surface area (Å²) in [5.74, 6) is 0. The minimum Gasteiger partial charge on any atom is -0.456 e. The Bertz CT molecular complexity index is 2740. The zero-order valence-corrected chi connectivity index (χ0v) is 28.5. The number of hydrogen-bond acceptors (Lipinski definition) is 3. The predicted molar refractivity (Wildman–Crippen MR) is 218 cm³/mol. The lowest BCUT2D eigenvalue weighted by Gasteiger charge is -2.28. The van der Waals surface area contributed by atoms with Crippen molar-refractivity contribution in [3.8, 4) is 33.4 Å². The van der Waals surface area contributed by atoms with Gasteiger partial charge in [-0.3, -0.25) is 0 Å². The van der Waals surface area contributed by atoms with Gasteiger partial charge in [-0.25, -0.2) is 0 Å². The van der Waals surface area contributed by atoms with Crippen LogP contribution in [0.1, 0.15) is 0 Å². The molecule has 2 nitrogen and oxygen atoms in total. The first-order chi connectivity index (χ1) is 25.3. The summed E-state index contributed by atoms with van der Waals surface area (Å²) in [7, 11) is 0. The average molecular weight is 670 g/mol. The van der Waals surface area contributed by atoms with E-state index in [-0.39, 0.29) is 0 Å². The van der Waals surface area contributed by atoms with Crippen LogP contribution in [-0.4, -0.2) is 0 Å². The summed E-state index contributed by atoms with van der Waals surface area (Å²) in [6.07, 6.45) is 0. The van der Waals surface area contributed by atoms with E-state index in [1.165, 1.54) is 42.4 Å². The number of hydrogen-bond donors (Lipinski definition) is 0. The number of fused-ring (bicyclic) bond motifs is 6. The highest BCUT2D eigenvalue weighted by atomic mass is 32.1. The Kier molecular flexibility index (Phi) is 7.04. The van der Waals surface area contributed by atoms with Crippen molar-refractivity contribution in [1.29, 1.82) is 0 Å². The van der Waals surface area contributed by atoms with Gasteiger partial charge in [0.05, 0.1) is 5.69 Å². The molecule has 8 aromatic carbocycles. The molecular weight excluding hydrogens is 639 g/mol. The number of thiophene rings is 1. The Hall–Kier alpha value is -6.42. The van der Waals surface area contributed by atoms with E-state index in [1.807, 2.05) is 23.5 Å². The summed E-state index contributed by atoms with van der Waals surface area (Å²) in [4.78, 5) is 2.39. The topological polar surface area (TPSA) is 16.4 Å². The molecule has 0 fully saturated rings. The Morgan fingerprint density at radius 1 is 0.353 bits per heavy atom. The van der Waals surface area contributed by atoms with Crippen LogP contribution in [0.2, 0.25) is 0 Å². The summed E-state index contributed by atoms with van der Waals surface area (Å²) < 4.78 is 9.00. The monoisotopic (exact) mass is 669 g/mol. The van der Waals surface area contributed by atoms with Gasteiger partial charge in [-0.2, -0.15) is 0 Å². The van der Waals surface area contributed by atoms with E-state index in [0.717, 1.165) is 50.1 Å². The first kappa shape index (κ1) is 29.5. The van der Waals surface area contributed by atoms with E-state index < -0.39 is 0 Å². The molecule has 0 N–H and O–H groups in total. The van der Waals surface area contributed by atoms with Crippen molar-refractivity contribution >= 4 is 70.5 Å². The third-order valence-corrected chi connectivity index (χ3v) is 11.0. The molecule has 0 spiro atoms. The number of para-hydroxylation sites is 1. The smallest absolute Gasteiger partial charge is 0.137 e. The highest BCUT2D eigenvalue weighted by Gasteiger charge is 2.21. The fourth-order valence-corrected chi connectivity index (χ4v) is 8.52. The quantitative estimate of drug-likeness (QED) is 0.175. The van der Waals surface area contributed by atoms with Gasteiger partial charge in [0.1, 0.15) is 11.2 Å². The molecule has 10 rings (SSSR count). The Balaban J connectivity index is 1.17. The molecule has 240 valence electrons. The first-order valence-corrected chi connectivity index (χ1v) is 18.1. The molecule has 0 radical (unpaired) electrons. The number of anilines is 3. The molecular formula is C48H31NOS. The van der Waals surface area contributed by atoms with Gasteiger partial charge in [-0.15, -0.1) is 11.3 Å². The highest BCUT2D eigenvalue weighted by molar-refractivity contribution is 7.25. The van der Waals surface area contributed by atoms with E-state index in [1.54, 1.807) is 0 Å².